The number of aryl methyl sites for hydroxylation is 2. The zero-order valence-electron chi connectivity index (χ0n) is 17.1. The number of para-hydroxylation sites is 2. The van der Waals surface area contributed by atoms with Crippen LogP contribution in [-0.4, -0.2) is 37.0 Å². The minimum Gasteiger partial charge on any atom is -0.354 e. The number of anilines is 1. The molecule has 1 aromatic heterocycles. The zero-order chi connectivity index (χ0) is 21.6. The van der Waals surface area contributed by atoms with Crippen molar-refractivity contribution in [1.29, 1.82) is 0 Å². The van der Waals surface area contributed by atoms with Crippen LogP contribution in [0.1, 0.15) is 12.2 Å². The lowest BCUT2D eigenvalue weighted by atomic mass is 10.1. The van der Waals surface area contributed by atoms with Crippen molar-refractivity contribution in [2.45, 2.75) is 24.8 Å². The van der Waals surface area contributed by atoms with Crippen LogP contribution in [0.5, 0.6) is 0 Å². The van der Waals surface area contributed by atoms with Gasteiger partial charge in [0.05, 0.1) is 21.6 Å². The van der Waals surface area contributed by atoms with E-state index >= 15 is 0 Å². The molecule has 158 valence electrons. The number of nitrogens with zero attached hydrogens (tertiary/aromatic N) is 3. The Bertz CT molecular complexity index is 1420. The maximum Gasteiger partial charge on any atom is 0.265 e. The topological polar surface area (TPSA) is 84.3 Å². The van der Waals surface area contributed by atoms with Gasteiger partial charge in [-0.1, -0.05) is 36.4 Å². The number of hydrogen-bond acceptors (Lipinski definition) is 4. The predicted molar refractivity (Wildman–Crippen MR) is 121 cm³/mol. The van der Waals surface area contributed by atoms with Gasteiger partial charge >= 0.3 is 0 Å². The van der Waals surface area contributed by atoms with Gasteiger partial charge in [-0.2, -0.15) is 0 Å². The van der Waals surface area contributed by atoms with Gasteiger partial charge in [-0.15, -0.1) is 0 Å². The zero-order valence-corrected chi connectivity index (χ0v) is 17.9. The van der Waals surface area contributed by atoms with Crippen molar-refractivity contribution in [2.24, 2.45) is 0 Å². The summed E-state index contributed by atoms with van der Waals surface area (Å²) in [6, 6.07) is 18.6. The molecular weight excluding hydrogens is 412 g/mol. The number of hydrogen-bond donors (Lipinski definition) is 1. The number of carbonyl (C=O) groups excluding carboxylic acids is 1. The largest absolute Gasteiger partial charge is 0.354 e. The molecule has 3 aromatic carbocycles. The Morgan fingerprint density at radius 1 is 1.03 bits per heavy atom. The second-order valence-electron chi connectivity index (χ2n) is 7.65. The lowest BCUT2D eigenvalue weighted by Crippen LogP contribution is -2.39. The molecule has 0 spiro atoms. The molecule has 0 bridgehead atoms. The van der Waals surface area contributed by atoms with Gasteiger partial charge < -0.3 is 9.88 Å². The van der Waals surface area contributed by atoms with Crippen LogP contribution in [0.3, 0.4) is 0 Å². The van der Waals surface area contributed by atoms with Crippen molar-refractivity contribution < 1.29 is 13.2 Å². The molecule has 0 saturated heterocycles. The Morgan fingerprint density at radius 3 is 2.65 bits per heavy atom. The first-order valence-electron chi connectivity index (χ1n) is 10.2. The Kier molecular flexibility index (Phi) is 4.66. The number of fused-ring (bicyclic) bond motifs is 1. The molecule has 7 nitrogen and oxygen atoms in total. The third-order valence-electron chi connectivity index (χ3n) is 5.69. The Hall–Kier alpha value is -3.39. The van der Waals surface area contributed by atoms with Crippen LogP contribution in [0.25, 0.3) is 21.8 Å². The number of benzene rings is 3. The van der Waals surface area contributed by atoms with Crippen LogP contribution in [0.2, 0.25) is 0 Å². The molecule has 5 rings (SSSR count). The molecule has 0 radical (unpaired) electrons. The Balaban J connectivity index is 1.24. The summed E-state index contributed by atoms with van der Waals surface area (Å²) in [5.41, 5.74) is 2.58. The van der Waals surface area contributed by atoms with Crippen LogP contribution in [0.15, 0.2) is 65.6 Å². The summed E-state index contributed by atoms with van der Waals surface area (Å²) < 4.78 is 29.3. The first-order chi connectivity index (χ1) is 15.0. The molecule has 0 aliphatic carbocycles. The second kappa shape index (κ2) is 7.39. The molecular formula is C23H22N4O3S. The monoisotopic (exact) mass is 434 g/mol. The fraction of sp³-hybridized carbons (Fsp3) is 0.217. The smallest absolute Gasteiger partial charge is 0.265 e. The Morgan fingerprint density at radius 2 is 1.81 bits per heavy atom. The van der Waals surface area contributed by atoms with E-state index in [1.165, 1.54) is 4.31 Å². The predicted octanol–water partition coefficient (Wildman–Crippen LogP) is 3.21. The van der Waals surface area contributed by atoms with Crippen molar-refractivity contribution in [2.75, 3.05) is 17.4 Å². The highest BCUT2D eigenvalue weighted by Crippen LogP contribution is 2.41. The van der Waals surface area contributed by atoms with Crippen molar-refractivity contribution in [1.82, 2.24) is 14.9 Å². The van der Waals surface area contributed by atoms with E-state index in [1.807, 2.05) is 49.4 Å². The van der Waals surface area contributed by atoms with Crippen LogP contribution in [0, 0.1) is 6.92 Å². The number of nitrogens with one attached hydrogen (secondary N) is 1. The van der Waals surface area contributed by atoms with E-state index in [4.69, 9.17) is 0 Å². The molecule has 1 aliphatic rings. The van der Waals surface area contributed by atoms with Gasteiger partial charge in [-0.25, -0.2) is 13.4 Å². The average molecular weight is 435 g/mol. The quantitative estimate of drug-likeness (QED) is 0.472. The molecule has 8 heteroatoms. The molecule has 1 N–H and O–H groups in total. The fourth-order valence-corrected chi connectivity index (χ4v) is 5.92. The summed E-state index contributed by atoms with van der Waals surface area (Å²) in [4.78, 5) is 17.4. The van der Waals surface area contributed by atoms with Gasteiger partial charge in [0, 0.05) is 18.5 Å². The van der Waals surface area contributed by atoms with Gasteiger partial charge in [-0.05, 0) is 43.0 Å². The summed E-state index contributed by atoms with van der Waals surface area (Å²) in [7, 11) is -3.73. The molecule has 4 aromatic rings. The summed E-state index contributed by atoms with van der Waals surface area (Å²) in [5, 5.41) is 4.39. The van der Waals surface area contributed by atoms with Gasteiger partial charge in [0.1, 0.15) is 12.4 Å². The number of imidazole rings is 1. The Labute approximate surface area is 180 Å². The van der Waals surface area contributed by atoms with Crippen molar-refractivity contribution in [3.8, 4) is 0 Å². The average Bonchev–Trinajstić information content (AvgIpc) is 3.19. The minimum atomic E-state index is -3.73. The van der Waals surface area contributed by atoms with E-state index in [0.717, 1.165) is 35.2 Å². The fourth-order valence-electron chi connectivity index (χ4n) is 4.26. The van der Waals surface area contributed by atoms with Gasteiger partial charge in [-0.3, -0.25) is 9.10 Å². The third-order valence-corrected chi connectivity index (χ3v) is 7.50. The molecule has 0 atom stereocenters. The first kappa shape index (κ1) is 19.6. The summed E-state index contributed by atoms with van der Waals surface area (Å²) in [5.74, 6) is 0.613. The second-order valence-corrected chi connectivity index (χ2v) is 9.48. The molecule has 1 aliphatic heterocycles. The molecule has 1 amide bonds. The maximum atomic E-state index is 13.0. The molecule has 0 fully saturated rings. The maximum absolute atomic E-state index is 13.0. The van der Waals surface area contributed by atoms with Gasteiger partial charge in [0.2, 0.25) is 5.91 Å². The van der Waals surface area contributed by atoms with E-state index in [1.54, 1.807) is 18.2 Å². The van der Waals surface area contributed by atoms with E-state index in [9.17, 15) is 13.2 Å². The summed E-state index contributed by atoms with van der Waals surface area (Å²) in [6.45, 7) is 2.91. The minimum absolute atomic E-state index is 0.233. The van der Waals surface area contributed by atoms with Crippen LogP contribution < -0.4 is 9.62 Å². The normalized spacial score (nSPS) is 14.4. The summed E-state index contributed by atoms with van der Waals surface area (Å²) in [6.07, 6.45) is 0.718. The molecule has 31 heavy (non-hydrogen) atoms. The molecule has 2 heterocycles. The molecule has 0 unspecified atom stereocenters. The van der Waals surface area contributed by atoms with E-state index in [-0.39, 0.29) is 17.3 Å². The van der Waals surface area contributed by atoms with Crippen LogP contribution >= 0.6 is 0 Å². The van der Waals surface area contributed by atoms with Gasteiger partial charge in [0.25, 0.3) is 10.0 Å². The van der Waals surface area contributed by atoms with Crippen molar-refractivity contribution in [3.05, 3.63) is 66.5 Å². The SMILES string of the molecule is Cc1nc2ccccc2n1CCCNC(=O)CN1c2cccc3cccc(c23)S1(=O)=O. The van der Waals surface area contributed by atoms with E-state index < -0.39 is 10.0 Å². The molecule has 0 saturated carbocycles. The lowest BCUT2D eigenvalue weighted by Gasteiger charge is -2.18. The summed E-state index contributed by atoms with van der Waals surface area (Å²) >= 11 is 0. The number of amides is 1. The van der Waals surface area contributed by atoms with Crippen molar-refractivity contribution >= 4 is 43.4 Å². The number of sulfonamides is 1. The van der Waals surface area contributed by atoms with Crippen LogP contribution in [0.4, 0.5) is 5.69 Å². The number of carbonyl (C=O) groups is 1. The van der Waals surface area contributed by atoms with Crippen molar-refractivity contribution in [3.63, 3.8) is 0 Å². The third kappa shape index (κ3) is 3.23. The highest BCUT2D eigenvalue weighted by atomic mass is 32.2. The van der Waals surface area contributed by atoms with Crippen LogP contribution in [-0.2, 0) is 21.4 Å². The highest BCUT2D eigenvalue weighted by molar-refractivity contribution is 7.93. The van der Waals surface area contributed by atoms with E-state index in [2.05, 4.69) is 14.9 Å². The lowest BCUT2D eigenvalue weighted by molar-refractivity contribution is -0.119. The highest BCUT2D eigenvalue weighted by Gasteiger charge is 2.36. The first-order valence-corrected chi connectivity index (χ1v) is 11.6. The van der Waals surface area contributed by atoms with Gasteiger partial charge in [0.15, 0.2) is 0 Å². The number of rotatable bonds is 6. The van der Waals surface area contributed by atoms with E-state index in [0.29, 0.717) is 17.6 Å². The number of aromatic nitrogens is 2. The standard InChI is InChI=1S/C23H22N4O3S/c1-16-25-18-9-2-3-10-19(18)26(16)14-6-13-24-22(28)15-27-20-11-4-7-17-8-5-12-21(23(17)20)31(27,29)30/h2-5,7-12H,6,13-15H2,1H3,(H,24,28).